The summed E-state index contributed by atoms with van der Waals surface area (Å²) in [7, 11) is 0. The van der Waals surface area contributed by atoms with Crippen LogP contribution in [0.1, 0.15) is 94.8 Å². The number of H-pyrrole nitrogens is 1. The zero-order valence-electron chi connectivity index (χ0n) is 21.0. The Morgan fingerprint density at radius 3 is 2.58 bits per heavy atom. The van der Waals surface area contributed by atoms with Gasteiger partial charge in [0, 0.05) is 18.2 Å². The molecule has 4 rings (SSSR count). The Morgan fingerprint density at radius 1 is 1.18 bits per heavy atom. The molecule has 33 heavy (non-hydrogen) atoms. The Morgan fingerprint density at radius 2 is 1.91 bits per heavy atom. The van der Waals surface area contributed by atoms with Crippen molar-refractivity contribution in [3.05, 3.63) is 51.1 Å². The molecule has 1 unspecified atom stereocenters. The van der Waals surface area contributed by atoms with Crippen LogP contribution in [0.15, 0.2) is 23.0 Å². The van der Waals surface area contributed by atoms with E-state index in [1.807, 2.05) is 4.68 Å². The molecule has 1 saturated carbocycles. The minimum Gasteiger partial charge on any atom is -0.321 e. The summed E-state index contributed by atoms with van der Waals surface area (Å²) in [6.45, 7) is 13.5. The zero-order valence-corrected chi connectivity index (χ0v) is 21.0. The average Bonchev–Trinajstić information content (AvgIpc) is 3.47. The first-order valence-electron chi connectivity index (χ1n) is 12.4. The molecule has 1 aliphatic rings. The van der Waals surface area contributed by atoms with Crippen LogP contribution >= 0.6 is 0 Å². The van der Waals surface area contributed by atoms with E-state index in [0.29, 0.717) is 12.6 Å². The Hall–Kier alpha value is -2.54. The van der Waals surface area contributed by atoms with Gasteiger partial charge in [0.1, 0.15) is 0 Å². The number of nitrogens with zero attached hydrogens (tertiary/aromatic N) is 5. The second-order valence-electron chi connectivity index (χ2n) is 10.3. The predicted molar refractivity (Wildman–Crippen MR) is 132 cm³/mol. The van der Waals surface area contributed by atoms with Crippen LogP contribution in [-0.2, 0) is 12.1 Å². The quantitative estimate of drug-likeness (QED) is 0.512. The largest absolute Gasteiger partial charge is 0.321 e. The van der Waals surface area contributed by atoms with Gasteiger partial charge in [-0.05, 0) is 86.9 Å². The first-order chi connectivity index (χ1) is 15.7. The van der Waals surface area contributed by atoms with Gasteiger partial charge in [-0.2, -0.15) is 0 Å². The molecule has 0 aliphatic heterocycles. The molecule has 1 fully saturated rings. The van der Waals surface area contributed by atoms with Crippen LogP contribution in [0.2, 0.25) is 0 Å². The number of aryl methyl sites for hydroxylation is 2. The number of nitrogens with one attached hydrogen (secondary N) is 1. The van der Waals surface area contributed by atoms with Crippen molar-refractivity contribution in [1.29, 1.82) is 0 Å². The van der Waals surface area contributed by atoms with Crippen molar-refractivity contribution in [2.45, 2.75) is 104 Å². The number of hydrogen-bond donors (Lipinski definition) is 1. The molecule has 3 aromatic rings. The van der Waals surface area contributed by atoms with Crippen LogP contribution < -0.4 is 5.56 Å². The molecule has 1 aromatic carbocycles. The van der Waals surface area contributed by atoms with Crippen molar-refractivity contribution in [3.8, 4) is 0 Å². The predicted octanol–water partition coefficient (Wildman–Crippen LogP) is 5.17. The van der Waals surface area contributed by atoms with Gasteiger partial charge in [-0.1, -0.05) is 38.3 Å². The lowest BCUT2D eigenvalue weighted by atomic mass is 10.00. The summed E-state index contributed by atoms with van der Waals surface area (Å²) in [5, 5.41) is 14.1. The molecule has 1 N–H and O–H groups in total. The van der Waals surface area contributed by atoms with Gasteiger partial charge in [0.05, 0.1) is 17.1 Å². The third-order valence-corrected chi connectivity index (χ3v) is 7.53. The van der Waals surface area contributed by atoms with Gasteiger partial charge in [-0.3, -0.25) is 9.69 Å². The maximum absolute atomic E-state index is 13.2. The van der Waals surface area contributed by atoms with E-state index in [4.69, 9.17) is 0 Å². The molecule has 0 radical (unpaired) electrons. The van der Waals surface area contributed by atoms with Crippen molar-refractivity contribution in [2.75, 3.05) is 0 Å². The van der Waals surface area contributed by atoms with Crippen molar-refractivity contribution >= 4 is 10.9 Å². The average molecular weight is 451 g/mol. The van der Waals surface area contributed by atoms with E-state index in [1.165, 1.54) is 18.4 Å². The van der Waals surface area contributed by atoms with E-state index in [-0.39, 0.29) is 17.1 Å². The highest BCUT2D eigenvalue weighted by Crippen LogP contribution is 2.35. The minimum absolute atomic E-state index is 0.000725. The van der Waals surface area contributed by atoms with Crippen LogP contribution in [0.3, 0.4) is 0 Å². The van der Waals surface area contributed by atoms with E-state index in [9.17, 15) is 4.79 Å². The lowest BCUT2D eigenvalue weighted by Gasteiger charge is -2.36. The normalized spacial score (nSPS) is 16.2. The molecule has 7 nitrogen and oxygen atoms in total. The maximum Gasteiger partial charge on any atom is 0.252 e. The summed E-state index contributed by atoms with van der Waals surface area (Å²) in [5.74, 6) is 0.903. The van der Waals surface area contributed by atoms with E-state index in [2.05, 4.69) is 85.2 Å². The molecule has 0 saturated heterocycles. The van der Waals surface area contributed by atoms with Crippen molar-refractivity contribution < 1.29 is 0 Å². The Balaban J connectivity index is 1.77. The van der Waals surface area contributed by atoms with Gasteiger partial charge in [-0.15, -0.1) is 5.10 Å². The van der Waals surface area contributed by atoms with Gasteiger partial charge >= 0.3 is 0 Å². The second kappa shape index (κ2) is 9.37. The molecule has 2 heterocycles. The smallest absolute Gasteiger partial charge is 0.252 e. The molecular formula is C26H38N6O. The van der Waals surface area contributed by atoms with E-state index in [1.54, 1.807) is 0 Å². The number of benzene rings is 1. The molecule has 0 spiro atoms. The number of aromatic amines is 1. The second-order valence-corrected chi connectivity index (χ2v) is 10.3. The third kappa shape index (κ3) is 4.60. The summed E-state index contributed by atoms with van der Waals surface area (Å²) in [6, 6.07) is 6.85. The fourth-order valence-electron chi connectivity index (χ4n) is 5.32. The number of fused-ring (bicyclic) bond motifs is 1. The molecule has 1 atom stereocenters. The van der Waals surface area contributed by atoms with Crippen molar-refractivity contribution in [3.63, 3.8) is 0 Å². The highest BCUT2D eigenvalue weighted by atomic mass is 16.1. The number of rotatable bonds is 8. The van der Waals surface area contributed by atoms with E-state index < -0.39 is 0 Å². The Kier molecular flexibility index (Phi) is 6.71. The number of aromatic nitrogens is 5. The highest BCUT2D eigenvalue weighted by Gasteiger charge is 2.35. The molecule has 0 bridgehead atoms. The van der Waals surface area contributed by atoms with Crippen molar-refractivity contribution in [1.82, 2.24) is 30.1 Å². The van der Waals surface area contributed by atoms with Gasteiger partial charge in [0.25, 0.3) is 5.56 Å². The fourth-order valence-corrected chi connectivity index (χ4v) is 5.32. The van der Waals surface area contributed by atoms with E-state index in [0.717, 1.165) is 53.5 Å². The van der Waals surface area contributed by atoms with Crippen molar-refractivity contribution in [2.24, 2.45) is 0 Å². The van der Waals surface area contributed by atoms with Gasteiger partial charge < -0.3 is 4.98 Å². The monoisotopic (exact) mass is 450 g/mol. The summed E-state index contributed by atoms with van der Waals surface area (Å²) < 4.78 is 2.00. The Labute approximate surface area is 196 Å². The SMILES string of the molecule is CCC(c1nnnn1C(C)(C)CC)N(Cc1cc2cc(C)cc(C)c2[nH]c1=O)C1CCCC1. The fraction of sp³-hybridized carbons (Fsp3) is 0.615. The summed E-state index contributed by atoms with van der Waals surface area (Å²) in [5.41, 5.74) is 3.89. The molecule has 1 aliphatic carbocycles. The number of pyridine rings is 1. The first kappa shape index (κ1) is 23.6. The standard InChI is InChI=1S/C26H38N6O/c1-7-22(24-28-29-30-32(24)26(5,6)8-2)31(21-11-9-10-12-21)16-20-15-19-14-17(3)13-18(4)23(19)27-25(20)33/h13-15,21-22H,7-12,16H2,1-6H3,(H,27,33). The highest BCUT2D eigenvalue weighted by molar-refractivity contribution is 5.82. The van der Waals surface area contributed by atoms with Gasteiger partial charge in [0.2, 0.25) is 0 Å². The lowest BCUT2D eigenvalue weighted by Crippen LogP contribution is -2.40. The summed E-state index contributed by atoms with van der Waals surface area (Å²) in [6.07, 6.45) is 6.59. The molecular weight excluding hydrogens is 412 g/mol. The zero-order chi connectivity index (χ0) is 23.8. The molecule has 0 amide bonds. The van der Waals surface area contributed by atoms with Gasteiger partial charge in [0.15, 0.2) is 5.82 Å². The minimum atomic E-state index is -0.164. The lowest BCUT2D eigenvalue weighted by molar-refractivity contribution is 0.106. The summed E-state index contributed by atoms with van der Waals surface area (Å²) in [4.78, 5) is 18.8. The molecule has 178 valence electrons. The van der Waals surface area contributed by atoms with Crippen LogP contribution in [0.4, 0.5) is 0 Å². The maximum atomic E-state index is 13.2. The van der Waals surface area contributed by atoms with E-state index >= 15 is 0 Å². The summed E-state index contributed by atoms with van der Waals surface area (Å²) >= 11 is 0. The Bertz CT molecular complexity index is 1170. The van der Waals surface area contributed by atoms with Crippen LogP contribution in [0.25, 0.3) is 10.9 Å². The first-order valence-corrected chi connectivity index (χ1v) is 12.4. The van der Waals surface area contributed by atoms with Crippen LogP contribution in [0.5, 0.6) is 0 Å². The van der Waals surface area contributed by atoms with Crippen LogP contribution in [0, 0.1) is 13.8 Å². The van der Waals surface area contributed by atoms with Gasteiger partial charge in [-0.25, -0.2) is 4.68 Å². The number of hydrogen-bond acceptors (Lipinski definition) is 5. The number of tetrazole rings is 1. The molecule has 2 aromatic heterocycles. The molecule has 7 heteroatoms. The topological polar surface area (TPSA) is 79.7 Å². The van der Waals surface area contributed by atoms with Crippen LogP contribution in [-0.4, -0.2) is 36.1 Å². The third-order valence-electron chi connectivity index (χ3n) is 7.53.